The van der Waals surface area contributed by atoms with E-state index in [0.717, 1.165) is 11.1 Å². The van der Waals surface area contributed by atoms with Crippen LogP contribution in [0.4, 0.5) is 5.69 Å². The van der Waals surface area contributed by atoms with Gasteiger partial charge in [-0.25, -0.2) is 9.58 Å². The Morgan fingerprint density at radius 3 is 2.03 bits per heavy atom. The molecule has 1 saturated heterocycles. The Morgan fingerprint density at radius 1 is 0.806 bits per heavy atom. The molecule has 0 atom stereocenters. The van der Waals surface area contributed by atoms with Gasteiger partial charge in [0.25, 0.3) is 11.5 Å². The number of anilines is 1. The fourth-order valence-electron chi connectivity index (χ4n) is 3.93. The number of para-hydroxylation sites is 1. The van der Waals surface area contributed by atoms with E-state index in [9.17, 15) is 9.59 Å². The smallest absolute Gasteiger partial charge is 0.283 e. The Hall–Kier alpha value is -4.43. The second kappa shape index (κ2) is 10.1. The van der Waals surface area contributed by atoms with Crippen LogP contribution in [0.15, 0.2) is 111 Å². The lowest BCUT2D eigenvalue weighted by atomic mass is 10.2. The number of aromatic nitrogens is 2. The summed E-state index contributed by atoms with van der Waals surface area (Å²) >= 11 is 1.20. The van der Waals surface area contributed by atoms with Crippen molar-refractivity contribution in [1.29, 1.82) is 0 Å². The van der Waals surface area contributed by atoms with E-state index in [1.165, 1.54) is 16.7 Å². The van der Waals surface area contributed by atoms with Gasteiger partial charge in [0.2, 0.25) is 5.17 Å². The molecule has 8 heteroatoms. The summed E-state index contributed by atoms with van der Waals surface area (Å²) < 4.78 is 3.29. The van der Waals surface area contributed by atoms with Crippen LogP contribution in [0.2, 0.25) is 0 Å². The highest BCUT2D eigenvalue weighted by molar-refractivity contribution is 8.19. The molecular formula is C28H23N5O2S. The van der Waals surface area contributed by atoms with Gasteiger partial charge in [0.15, 0.2) is 0 Å². The van der Waals surface area contributed by atoms with Crippen molar-refractivity contribution < 1.29 is 4.79 Å². The van der Waals surface area contributed by atoms with Crippen molar-refractivity contribution in [2.24, 2.45) is 17.3 Å². The fraction of sp³-hybridized carbons (Fsp3) is 0.0714. The maximum absolute atomic E-state index is 13.7. The minimum atomic E-state index is -0.316. The molecule has 7 nitrogen and oxygen atoms in total. The van der Waals surface area contributed by atoms with E-state index in [4.69, 9.17) is 0 Å². The van der Waals surface area contributed by atoms with Crippen molar-refractivity contribution in [2.75, 3.05) is 4.90 Å². The largest absolute Gasteiger partial charge is 0.296 e. The van der Waals surface area contributed by atoms with Crippen LogP contribution in [0.5, 0.6) is 0 Å². The zero-order chi connectivity index (χ0) is 25.1. The van der Waals surface area contributed by atoms with E-state index in [1.807, 2.05) is 97.9 Å². The molecule has 0 spiro atoms. The first-order chi connectivity index (χ1) is 17.5. The highest BCUT2D eigenvalue weighted by Crippen LogP contribution is 2.36. The van der Waals surface area contributed by atoms with Crippen molar-refractivity contribution in [1.82, 2.24) is 9.36 Å². The molecule has 0 unspecified atom stereocenters. The lowest BCUT2D eigenvalue weighted by Gasteiger charge is -2.12. The number of amides is 1. The first kappa shape index (κ1) is 23.3. The fourth-order valence-corrected chi connectivity index (χ4v) is 4.86. The molecule has 2 heterocycles. The Morgan fingerprint density at radius 2 is 1.39 bits per heavy atom. The molecule has 1 aromatic heterocycles. The van der Waals surface area contributed by atoms with E-state index in [2.05, 4.69) is 10.2 Å². The average molecular weight is 494 g/mol. The van der Waals surface area contributed by atoms with Gasteiger partial charge in [0.1, 0.15) is 5.69 Å². The molecule has 1 aliphatic rings. The summed E-state index contributed by atoms with van der Waals surface area (Å²) in [4.78, 5) is 29.2. The third-order valence-corrected chi connectivity index (χ3v) is 6.76. The van der Waals surface area contributed by atoms with Crippen LogP contribution in [0.3, 0.4) is 0 Å². The topological polar surface area (TPSA) is 72.0 Å². The van der Waals surface area contributed by atoms with Gasteiger partial charge in [-0.15, -0.1) is 5.10 Å². The Balaban J connectivity index is 1.62. The summed E-state index contributed by atoms with van der Waals surface area (Å²) in [6.45, 7) is 1.82. The van der Waals surface area contributed by atoms with Crippen molar-refractivity contribution in [3.63, 3.8) is 0 Å². The number of benzene rings is 3. The van der Waals surface area contributed by atoms with Gasteiger partial charge in [-0.1, -0.05) is 78.9 Å². The number of rotatable bonds is 5. The number of nitrogens with zero attached hydrogens (tertiary/aromatic N) is 5. The van der Waals surface area contributed by atoms with E-state index < -0.39 is 0 Å². The van der Waals surface area contributed by atoms with Gasteiger partial charge < -0.3 is 0 Å². The summed E-state index contributed by atoms with van der Waals surface area (Å²) in [5, 5.41) is 8.92. The van der Waals surface area contributed by atoms with Crippen LogP contribution < -0.4 is 10.5 Å². The van der Waals surface area contributed by atoms with Crippen LogP contribution in [-0.2, 0) is 11.8 Å². The number of thioether (sulfide) groups is 1. The number of amidine groups is 1. The molecule has 36 heavy (non-hydrogen) atoms. The van der Waals surface area contributed by atoms with E-state index in [-0.39, 0.29) is 17.2 Å². The minimum absolute atomic E-state index is 0.254. The number of hydrogen-bond donors (Lipinski definition) is 0. The number of carbonyl (C=O) groups is 1. The summed E-state index contributed by atoms with van der Waals surface area (Å²) in [6, 6.07) is 28.5. The molecule has 3 aromatic carbocycles. The molecule has 0 N–H and O–H groups in total. The molecule has 0 saturated carbocycles. The number of carbonyl (C=O) groups excluding carboxylic acids is 1. The highest BCUT2D eigenvalue weighted by Gasteiger charge is 2.39. The predicted octanol–water partition coefficient (Wildman–Crippen LogP) is 5.00. The molecule has 1 amide bonds. The lowest BCUT2D eigenvalue weighted by Crippen LogP contribution is -2.33. The van der Waals surface area contributed by atoms with Gasteiger partial charge >= 0.3 is 0 Å². The van der Waals surface area contributed by atoms with Crippen LogP contribution in [-0.4, -0.2) is 26.7 Å². The van der Waals surface area contributed by atoms with Crippen molar-refractivity contribution in [2.45, 2.75) is 6.92 Å². The maximum atomic E-state index is 13.7. The van der Waals surface area contributed by atoms with Gasteiger partial charge in [0, 0.05) is 7.05 Å². The zero-order valence-electron chi connectivity index (χ0n) is 19.8. The molecule has 0 aliphatic carbocycles. The summed E-state index contributed by atoms with van der Waals surface area (Å²) in [6.07, 6.45) is 3.42. The zero-order valence-corrected chi connectivity index (χ0v) is 20.6. The van der Waals surface area contributed by atoms with Crippen molar-refractivity contribution in [3.8, 4) is 5.69 Å². The quantitative estimate of drug-likeness (QED) is 0.223. The molecule has 0 radical (unpaired) electrons. The maximum Gasteiger partial charge on any atom is 0.296 e. The summed E-state index contributed by atoms with van der Waals surface area (Å²) in [5.74, 6) is -0.316. The van der Waals surface area contributed by atoms with Crippen LogP contribution in [0.1, 0.15) is 16.8 Å². The third-order valence-electron chi connectivity index (χ3n) is 5.80. The van der Waals surface area contributed by atoms with Crippen molar-refractivity contribution in [3.05, 3.63) is 123 Å². The van der Waals surface area contributed by atoms with Crippen molar-refractivity contribution >= 4 is 40.8 Å². The SMILES string of the molecule is Cc1c(N2C(=O)/C(=C\c3ccccc3)S/C2=N\N=C\c2ccccc2)c(=O)n(-c2ccccc2)n1C. The van der Waals surface area contributed by atoms with Gasteiger partial charge in [-0.05, 0) is 48.0 Å². The lowest BCUT2D eigenvalue weighted by molar-refractivity contribution is -0.113. The second-order valence-corrected chi connectivity index (χ2v) is 9.12. The van der Waals surface area contributed by atoms with Crippen LogP contribution in [0, 0.1) is 6.92 Å². The van der Waals surface area contributed by atoms with Gasteiger partial charge in [-0.2, -0.15) is 5.10 Å². The molecule has 1 aliphatic heterocycles. The Kier molecular flexibility index (Phi) is 6.51. The van der Waals surface area contributed by atoms with Crippen LogP contribution in [0.25, 0.3) is 11.8 Å². The van der Waals surface area contributed by atoms with Crippen LogP contribution >= 0.6 is 11.8 Å². The van der Waals surface area contributed by atoms with E-state index in [0.29, 0.717) is 21.5 Å². The molecule has 0 bridgehead atoms. The third kappa shape index (κ3) is 4.46. The summed E-state index contributed by atoms with van der Waals surface area (Å²) in [7, 11) is 1.80. The number of hydrogen-bond acceptors (Lipinski definition) is 5. The molecule has 5 rings (SSSR count). The normalized spacial score (nSPS) is 16.1. The molecule has 178 valence electrons. The first-order valence-electron chi connectivity index (χ1n) is 11.3. The van der Waals surface area contributed by atoms with Gasteiger partial charge in [-0.3, -0.25) is 14.3 Å². The Bertz CT molecular complexity index is 1550. The predicted molar refractivity (Wildman–Crippen MR) is 147 cm³/mol. The molecular weight excluding hydrogens is 470 g/mol. The first-order valence-corrected chi connectivity index (χ1v) is 12.2. The highest BCUT2D eigenvalue weighted by atomic mass is 32.2. The molecule has 4 aromatic rings. The van der Waals surface area contributed by atoms with E-state index in [1.54, 1.807) is 28.7 Å². The standard InChI is InChI=1S/C28H23N5O2S/c1-20-25(27(35)33(31(20)2)23-16-10-5-11-17-23)32-26(34)24(18-21-12-6-3-7-13-21)36-28(32)30-29-19-22-14-8-4-9-15-22/h3-19H,1-2H3/b24-18+,29-19+,30-28-. The average Bonchev–Trinajstić information content (AvgIpc) is 3.31. The second-order valence-electron chi connectivity index (χ2n) is 8.11. The molecule has 1 fully saturated rings. The van der Waals surface area contributed by atoms with E-state index >= 15 is 0 Å². The minimum Gasteiger partial charge on any atom is -0.283 e. The van der Waals surface area contributed by atoms with Gasteiger partial charge in [0.05, 0.1) is 22.5 Å². The summed E-state index contributed by atoms with van der Waals surface area (Å²) in [5.41, 5.74) is 3.05. The monoisotopic (exact) mass is 493 g/mol. The Labute approximate surface area is 212 Å².